The van der Waals surface area contributed by atoms with Crippen molar-refractivity contribution in [2.24, 2.45) is 0 Å². The van der Waals surface area contributed by atoms with Gasteiger partial charge in [-0.15, -0.1) is 0 Å². The molecule has 1 heterocycles. The predicted molar refractivity (Wildman–Crippen MR) is 78.4 cm³/mol. The fourth-order valence-electron chi connectivity index (χ4n) is 2.33. The largest absolute Gasteiger partial charge is 0.395 e. The highest BCUT2D eigenvalue weighted by Gasteiger charge is 2.09. The van der Waals surface area contributed by atoms with E-state index in [9.17, 15) is 5.11 Å². The molecule has 0 spiro atoms. The Bertz CT molecular complexity index is 533. The minimum Gasteiger partial charge on any atom is -0.395 e. The number of aliphatic hydroxyl groups excluding tert-OH is 1. The summed E-state index contributed by atoms with van der Waals surface area (Å²) in [5, 5.41) is 12.6. The molecule has 0 fully saturated rings. The van der Waals surface area contributed by atoms with E-state index in [0.29, 0.717) is 6.54 Å². The number of rotatable bonds is 7. The van der Waals surface area contributed by atoms with Gasteiger partial charge in [0.2, 0.25) is 0 Å². The molecule has 0 amide bonds. The summed E-state index contributed by atoms with van der Waals surface area (Å²) in [7, 11) is 0. The molecular formula is C15H23N3O. The third kappa shape index (κ3) is 3.33. The Morgan fingerprint density at radius 1 is 1.32 bits per heavy atom. The molecule has 0 aliphatic heterocycles. The van der Waals surface area contributed by atoms with Crippen molar-refractivity contribution in [1.82, 2.24) is 14.9 Å². The molecule has 2 aromatic rings. The van der Waals surface area contributed by atoms with Gasteiger partial charge in [-0.25, -0.2) is 4.98 Å². The highest BCUT2D eigenvalue weighted by atomic mass is 16.3. The van der Waals surface area contributed by atoms with E-state index in [1.807, 2.05) is 0 Å². The molecule has 0 atom stereocenters. The maximum Gasteiger partial charge on any atom is 0.111 e. The summed E-state index contributed by atoms with van der Waals surface area (Å²) in [6.07, 6.45) is 2.04. The van der Waals surface area contributed by atoms with Gasteiger partial charge in [-0.3, -0.25) is 0 Å². The zero-order chi connectivity index (χ0) is 13.7. The lowest BCUT2D eigenvalue weighted by Crippen LogP contribution is -2.20. The van der Waals surface area contributed by atoms with Crippen LogP contribution < -0.4 is 5.32 Å². The molecule has 0 aliphatic rings. The van der Waals surface area contributed by atoms with Gasteiger partial charge in [0.15, 0.2) is 0 Å². The van der Waals surface area contributed by atoms with Crippen molar-refractivity contribution in [1.29, 1.82) is 0 Å². The van der Waals surface area contributed by atoms with Crippen molar-refractivity contribution < 1.29 is 5.11 Å². The van der Waals surface area contributed by atoms with Crippen LogP contribution in [0.2, 0.25) is 0 Å². The number of aliphatic hydroxyl groups is 1. The molecular weight excluding hydrogens is 238 g/mol. The number of nitrogens with zero attached hydrogens (tertiary/aromatic N) is 2. The van der Waals surface area contributed by atoms with Crippen LogP contribution in [0.5, 0.6) is 0 Å². The summed E-state index contributed by atoms with van der Waals surface area (Å²) >= 11 is 0. The third-order valence-electron chi connectivity index (χ3n) is 3.26. The summed E-state index contributed by atoms with van der Waals surface area (Å²) in [5.74, 6) is 1.05. The minimum atomic E-state index is 0.148. The lowest BCUT2D eigenvalue weighted by Gasteiger charge is -2.08. The fourth-order valence-corrected chi connectivity index (χ4v) is 2.33. The van der Waals surface area contributed by atoms with Gasteiger partial charge in [0.05, 0.1) is 17.6 Å². The molecule has 0 saturated carbocycles. The van der Waals surface area contributed by atoms with E-state index in [1.54, 1.807) is 0 Å². The first kappa shape index (κ1) is 14.0. The molecule has 4 heteroatoms. The van der Waals surface area contributed by atoms with E-state index in [4.69, 9.17) is 4.98 Å². The van der Waals surface area contributed by atoms with Gasteiger partial charge in [-0.1, -0.05) is 13.0 Å². The Hall–Kier alpha value is -1.39. The second kappa shape index (κ2) is 6.68. The summed E-state index contributed by atoms with van der Waals surface area (Å²) in [6, 6.07) is 6.29. The Labute approximate surface area is 114 Å². The summed E-state index contributed by atoms with van der Waals surface area (Å²) < 4.78 is 2.13. The number of benzene rings is 1. The van der Waals surface area contributed by atoms with Crippen molar-refractivity contribution in [3.8, 4) is 0 Å². The molecule has 1 aromatic carbocycles. The van der Waals surface area contributed by atoms with Crippen LogP contribution >= 0.6 is 0 Å². The second-order valence-electron chi connectivity index (χ2n) is 4.90. The van der Waals surface area contributed by atoms with Gasteiger partial charge in [-0.2, -0.15) is 0 Å². The van der Waals surface area contributed by atoms with E-state index >= 15 is 0 Å². The second-order valence-corrected chi connectivity index (χ2v) is 4.90. The van der Waals surface area contributed by atoms with Crippen molar-refractivity contribution in [3.05, 3.63) is 29.6 Å². The maximum absolute atomic E-state index is 9.22. The molecule has 0 bridgehead atoms. The van der Waals surface area contributed by atoms with Crippen molar-refractivity contribution in [2.45, 2.75) is 33.2 Å². The van der Waals surface area contributed by atoms with Crippen LogP contribution in [-0.2, 0) is 13.0 Å². The van der Waals surface area contributed by atoms with Crippen LogP contribution in [0.3, 0.4) is 0 Å². The Morgan fingerprint density at radius 2 is 2.16 bits per heavy atom. The van der Waals surface area contributed by atoms with Gasteiger partial charge in [-0.05, 0) is 37.6 Å². The average Bonchev–Trinajstić information content (AvgIpc) is 2.73. The van der Waals surface area contributed by atoms with Crippen molar-refractivity contribution in [2.75, 3.05) is 19.7 Å². The monoisotopic (exact) mass is 261 g/mol. The van der Waals surface area contributed by atoms with E-state index in [2.05, 4.69) is 41.9 Å². The topological polar surface area (TPSA) is 50.1 Å². The lowest BCUT2D eigenvalue weighted by molar-refractivity contribution is 0.276. The molecule has 4 nitrogen and oxygen atoms in total. The van der Waals surface area contributed by atoms with Crippen LogP contribution in [0.15, 0.2) is 18.2 Å². The number of hydrogen-bond acceptors (Lipinski definition) is 3. The number of nitrogens with one attached hydrogen (secondary N) is 1. The van der Waals surface area contributed by atoms with Crippen LogP contribution in [-0.4, -0.2) is 34.4 Å². The highest BCUT2D eigenvalue weighted by molar-refractivity contribution is 5.76. The van der Waals surface area contributed by atoms with Gasteiger partial charge in [0.25, 0.3) is 0 Å². The summed E-state index contributed by atoms with van der Waals surface area (Å²) in [5.41, 5.74) is 3.36. The molecule has 2 N–H and O–H groups in total. The fraction of sp³-hybridized carbons (Fsp3) is 0.533. The Balaban J connectivity index is 2.22. The minimum absolute atomic E-state index is 0.148. The van der Waals surface area contributed by atoms with E-state index in [0.717, 1.165) is 42.8 Å². The third-order valence-corrected chi connectivity index (χ3v) is 3.26. The molecule has 0 unspecified atom stereocenters. The van der Waals surface area contributed by atoms with E-state index in [-0.39, 0.29) is 6.61 Å². The van der Waals surface area contributed by atoms with Gasteiger partial charge >= 0.3 is 0 Å². The number of fused-ring (bicyclic) bond motifs is 1. The van der Waals surface area contributed by atoms with Gasteiger partial charge in [0.1, 0.15) is 5.82 Å². The normalized spacial score (nSPS) is 11.3. The summed E-state index contributed by atoms with van der Waals surface area (Å²) in [6.45, 7) is 6.97. The Morgan fingerprint density at radius 3 is 2.89 bits per heavy atom. The first-order valence-corrected chi connectivity index (χ1v) is 7.03. The lowest BCUT2D eigenvalue weighted by atomic mass is 10.2. The van der Waals surface area contributed by atoms with Gasteiger partial charge in [0, 0.05) is 19.5 Å². The smallest absolute Gasteiger partial charge is 0.111 e. The molecule has 104 valence electrons. The first-order chi connectivity index (χ1) is 9.26. The van der Waals surface area contributed by atoms with Crippen LogP contribution in [0, 0.1) is 6.92 Å². The summed E-state index contributed by atoms with van der Waals surface area (Å²) in [4.78, 5) is 4.70. The number of hydrogen-bond donors (Lipinski definition) is 2. The van der Waals surface area contributed by atoms with E-state index in [1.165, 1.54) is 5.56 Å². The number of aromatic nitrogens is 2. The predicted octanol–water partition coefficient (Wildman–Crippen LogP) is 1.88. The molecule has 1 aromatic heterocycles. The number of imidazole rings is 1. The van der Waals surface area contributed by atoms with Crippen molar-refractivity contribution in [3.63, 3.8) is 0 Å². The van der Waals surface area contributed by atoms with Crippen LogP contribution in [0.4, 0.5) is 0 Å². The average molecular weight is 261 g/mol. The molecule has 19 heavy (non-hydrogen) atoms. The van der Waals surface area contributed by atoms with Gasteiger partial charge < -0.3 is 15.0 Å². The highest BCUT2D eigenvalue weighted by Crippen LogP contribution is 2.18. The first-order valence-electron chi connectivity index (χ1n) is 7.03. The quantitative estimate of drug-likeness (QED) is 0.748. The Kier molecular flexibility index (Phi) is 4.93. The molecule has 0 saturated heterocycles. The van der Waals surface area contributed by atoms with E-state index < -0.39 is 0 Å². The standard InChI is InChI=1S/C15H23N3O/c1-3-7-16-8-6-15-17-13-11-12(2)4-5-14(13)18(15)9-10-19/h4-5,11,16,19H,3,6-10H2,1-2H3. The molecule has 0 aliphatic carbocycles. The zero-order valence-electron chi connectivity index (χ0n) is 11.8. The molecule has 0 radical (unpaired) electrons. The number of aryl methyl sites for hydroxylation is 1. The van der Waals surface area contributed by atoms with Crippen LogP contribution in [0.25, 0.3) is 11.0 Å². The SMILES string of the molecule is CCCNCCc1nc2cc(C)ccc2n1CCO. The molecule has 2 rings (SSSR count). The zero-order valence-corrected chi connectivity index (χ0v) is 11.8. The van der Waals surface area contributed by atoms with Crippen molar-refractivity contribution >= 4 is 11.0 Å². The maximum atomic E-state index is 9.22. The van der Waals surface area contributed by atoms with Crippen LogP contribution in [0.1, 0.15) is 24.7 Å².